The number of aliphatic hydroxyl groups is 1. The summed E-state index contributed by atoms with van der Waals surface area (Å²) in [6.45, 7) is 4.79. The van der Waals surface area contributed by atoms with Crippen LogP contribution in [0.25, 0.3) is 0 Å². The summed E-state index contributed by atoms with van der Waals surface area (Å²) in [4.78, 5) is 12.2. The lowest BCUT2D eigenvalue weighted by Crippen LogP contribution is -2.50. The molecule has 1 saturated carbocycles. The van der Waals surface area contributed by atoms with Crippen LogP contribution in [0.3, 0.4) is 0 Å². The summed E-state index contributed by atoms with van der Waals surface area (Å²) >= 11 is 0. The van der Waals surface area contributed by atoms with Crippen molar-refractivity contribution in [3.05, 3.63) is 35.4 Å². The van der Waals surface area contributed by atoms with Gasteiger partial charge in [-0.1, -0.05) is 29.8 Å². The first-order chi connectivity index (χ1) is 10.2. The van der Waals surface area contributed by atoms with Crippen LogP contribution < -0.4 is 5.32 Å². The molecule has 1 aromatic carbocycles. The zero-order valence-corrected chi connectivity index (χ0v) is 14.0. The second kappa shape index (κ2) is 6.01. The third kappa shape index (κ3) is 3.33. The van der Waals surface area contributed by atoms with E-state index in [-0.39, 0.29) is 6.54 Å². The van der Waals surface area contributed by atoms with Gasteiger partial charge >= 0.3 is 0 Å². The van der Waals surface area contributed by atoms with Gasteiger partial charge in [-0.05, 0) is 39.2 Å². The van der Waals surface area contributed by atoms with Crippen LogP contribution in [0, 0.1) is 6.92 Å². The van der Waals surface area contributed by atoms with E-state index in [2.05, 4.69) is 5.32 Å². The highest BCUT2D eigenvalue weighted by molar-refractivity contribution is 7.94. The van der Waals surface area contributed by atoms with E-state index in [1.165, 1.54) is 13.8 Å². The highest BCUT2D eigenvalue weighted by Crippen LogP contribution is 2.36. The Morgan fingerprint density at radius 1 is 1.32 bits per heavy atom. The average Bonchev–Trinajstić information content (AvgIpc) is 3.29. The molecule has 5 nitrogen and oxygen atoms in total. The summed E-state index contributed by atoms with van der Waals surface area (Å²) in [6, 6.07) is 7.33. The van der Waals surface area contributed by atoms with Crippen molar-refractivity contribution in [1.29, 1.82) is 0 Å². The van der Waals surface area contributed by atoms with E-state index in [4.69, 9.17) is 0 Å². The van der Waals surface area contributed by atoms with Crippen LogP contribution in [0.4, 0.5) is 0 Å². The molecule has 1 fully saturated rings. The number of benzene rings is 1. The Hall–Kier alpha value is -1.40. The van der Waals surface area contributed by atoms with Crippen molar-refractivity contribution in [2.24, 2.45) is 0 Å². The average molecular weight is 325 g/mol. The summed E-state index contributed by atoms with van der Waals surface area (Å²) in [7, 11) is -3.48. The number of nitrogens with one attached hydrogen (secondary N) is 1. The number of hydrogen-bond donors (Lipinski definition) is 2. The van der Waals surface area contributed by atoms with Crippen molar-refractivity contribution >= 4 is 15.7 Å². The standard InChI is InChI=1S/C16H23NO4S/c1-11-4-6-12(7-5-11)14(18)10-17-15(19)16(2,3)22(20,21)13-8-9-13/h4-7,13-14,18H,8-10H2,1-3H3,(H,17,19)/t14-/m0/s1. The summed E-state index contributed by atoms with van der Waals surface area (Å²) in [5, 5.41) is 12.2. The Balaban J connectivity index is 1.98. The third-order valence-corrected chi connectivity index (χ3v) is 7.10. The Morgan fingerprint density at radius 3 is 2.36 bits per heavy atom. The molecule has 122 valence electrons. The summed E-state index contributed by atoms with van der Waals surface area (Å²) in [5.41, 5.74) is 1.77. The first kappa shape index (κ1) is 17.0. The molecule has 6 heteroatoms. The lowest BCUT2D eigenvalue weighted by molar-refractivity contribution is -0.123. The maximum absolute atomic E-state index is 12.3. The molecule has 1 aliphatic rings. The zero-order chi connectivity index (χ0) is 16.5. The fraction of sp³-hybridized carbons (Fsp3) is 0.562. The van der Waals surface area contributed by atoms with E-state index in [0.717, 1.165) is 5.56 Å². The SMILES string of the molecule is Cc1ccc([C@@H](O)CNC(=O)C(C)(C)S(=O)(=O)C2CC2)cc1. The van der Waals surface area contributed by atoms with Crippen LogP contribution in [-0.4, -0.2) is 36.0 Å². The monoisotopic (exact) mass is 325 g/mol. The molecule has 0 unspecified atom stereocenters. The Morgan fingerprint density at radius 2 is 1.86 bits per heavy atom. The highest BCUT2D eigenvalue weighted by atomic mass is 32.2. The number of carbonyl (C=O) groups excluding carboxylic acids is 1. The predicted molar refractivity (Wildman–Crippen MR) is 85.2 cm³/mol. The number of rotatable bonds is 6. The van der Waals surface area contributed by atoms with E-state index in [9.17, 15) is 18.3 Å². The Kier molecular flexibility index (Phi) is 4.63. The van der Waals surface area contributed by atoms with Crippen LogP contribution in [0.5, 0.6) is 0 Å². The van der Waals surface area contributed by atoms with Gasteiger partial charge in [0.15, 0.2) is 9.84 Å². The molecule has 1 atom stereocenters. The number of sulfone groups is 1. The topological polar surface area (TPSA) is 83.5 Å². The number of carbonyl (C=O) groups is 1. The zero-order valence-electron chi connectivity index (χ0n) is 13.2. The van der Waals surface area contributed by atoms with Crippen LogP contribution in [-0.2, 0) is 14.6 Å². The van der Waals surface area contributed by atoms with Gasteiger partial charge in [0.2, 0.25) is 5.91 Å². The normalized spacial score (nSPS) is 17.1. The van der Waals surface area contributed by atoms with E-state index >= 15 is 0 Å². The van der Waals surface area contributed by atoms with E-state index < -0.39 is 31.8 Å². The van der Waals surface area contributed by atoms with Crippen LogP contribution in [0.15, 0.2) is 24.3 Å². The molecule has 0 aliphatic heterocycles. The van der Waals surface area contributed by atoms with Crippen LogP contribution in [0.1, 0.15) is 43.9 Å². The summed E-state index contributed by atoms with van der Waals surface area (Å²) in [6.07, 6.45) is 0.403. The number of aliphatic hydroxyl groups excluding tert-OH is 1. The molecule has 0 aromatic heterocycles. The van der Waals surface area contributed by atoms with Gasteiger partial charge in [0.05, 0.1) is 11.4 Å². The molecule has 22 heavy (non-hydrogen) atoms. The van der Waals surface area contributed by atoms with Gasteiger partial charge in [-0.25, -0.2) is 8.42 Å². The smallest absolute Gasteiger partial charge is 0.240 e. The van der Waals surface area contributed by atoms with E-state index in [1.807, 2.05) is 19.1 Å². The van der Waals surface area contributed by atoms with Gasteiger partial charge < -0.3 is 10.4 Å². The van der Waals surface area contributed by atoms with Gasteiger partial charge in [-0.15, -0.1) is 0 Å². The quantitative estimate of drug-likeness (QED) is 0.830. The first-order valence-electron chi connectivity index (χ1n) is 7.42. The third-order valence-electron chi connectivity index (χ3n) is 4.14. The number of amides is 1. The minimum Gasteiger partial charge on any atom is -0.387 e. The fourth-order valence-corrected chi connectivity index (χ4v) is 4.15. The molecule has 0 bridgehead atoms. The first-order valence-corrected chi connectivity index (χ1v) is 8.97. The lowest BCUT2D eigenvalue weighted by Gasteiger charge is -2.24. The molecule has 2 rings (SSSR count). The maximum atomic E-state index is 12.3. The van der Waals surface area contributed by atoms with Crippen molar-refractivity contribution in [3.8, 4) is 0 Å². The molecular formula is C16H23NO4S. The van der Waals surface area contributed by atoms with Gasteiger partial charge in [0.1, 0.15) is 4.75 Å². The molecule has 0 spiro atoms. The molecule has 0 saturated heterocycles. The fourth-order valence-electron chi connectivity index (χ4n) is 2.23. The Bertz CT molecular complexity index is 645. The number of hydrogen-bond acceptors (Lipinski definition) is 4. The molecule has 1 amide bonds. The Labute approximate surface area is 131 Å². The van der Waals surface area contributed by atoms with Gasteiger partial charge in [-0.3, -0.25) is 4.79 Å². The minimum atomic E-state index is -3.48. The maximum Gasteiger partial charge on any atom is 0.240 e. The van der Waals surface area contributed by atoms with Crippen molar-refractivity contribution in [1.82, 2.24) is 5.32 Å². The molecule has 0 heterocycles. The van der Waals surface area contributed by atoms with Gasteiger partial charge in [0, 0.05) is 6.54 Å². The summed E-state index contributed by atoms with van der Waals surface area (Å²) in [5.74, 6) is -0.564. The van der Waals surface area contributed by atoms with E-state index in [1.54, 1.807) is 12.1 Å². The van der Waals surface area contributed by atoms with E-state index in [0.29, 0.717) is 18.4 Å². The molecule has 0 radical (unpaired) electrons. The minimum absolute atomic E-state index is 0.00842. The van der Waals surface area contributed by atoms with Crippen molar-refractivity contribution in [2.45, 2.75) is 49.7 Å². The lowest BCUT2D eigenvalue weighted by atomic mass is 10.1. The highest BCUT2D eigenvalue weighted by Gasteiger charge is 2.50. The van der Waals surface area contributed by atoms with Crippen molar-refractivity contribution in [3.63, 3.8) is 0 Å². The predicted octanol–water partition coefficient (Wildman–Crippen LogP) is 1.50. The van der Waals surface area contributed by atoms with Crippen molar-refractivity contribution < 1.29 is 18.3 Å². The van der Waals surface area contributed by atoms with Gasteiger partial charge in [-0.2, -0.15) is 0 Å². The van der Waals surface area contributed by atoms with Crippen molar-refractivity contribution in [2.75, 3.05) is 6.54 Å². The van der Waals surface area contributed by atoms with Gasteiger partial charge in [0.25, 0.3) is 0 Å². The molecule has 2 N–H and O–H groups in total. The largest absolute Gasteiger partial charge is 0.387 e. The molecule has 1 aliphatic carbocycles. The van der Waals surface area contributed by atoms with Crippen LogP contribution in [0.2, 0.25) is 0 Å². The summed E-state index contributed by atoms with van der Waals surface area (Å²) < 4.78 is 23.1. The number of aryl methyl sites for hydroxylation is 1. The second-order valence-corrected chi connectivity index (χ2v) is 9.17. The van der Waals surface area contributed by atoms with Crippen LogP contribution >= 0.6 is 0 Å². The molecule has 1 aromatic rings. The molecular weight excluding hydrogens is 302 g/mol. The second-order valence-electron chi connectivity index (χ2n) is 6.39.